The molecule has 1 aromatic carbocycles. The van der Waals surface area contributed by atoms with Gasteiger partial charge in [-0.05, 0) is 30.7 Å². The third-order valence-corrected chi connectivity index (χ3v) is 11.8. The molecule has 16 heteroatoms. The van der Waals surface area contributed by atoms with Crippen molar-refractivity contribution in [1.82, 2.24) is 19.6 Å². The largest absolute Gasteiger partial charge is 0.472 e. The molecule has 59 heavy (non-hydrogen) atoms. The Bertz CT molecular complexity index is 1940. The van der Waals surface area contributed by atoms with Crippen LogP contribution in [0.3, 0.4) is 0 Å². The Morgan fingerprint density at radius 2 is 1.56 bits per heavy atom. The zero-order valence-electron chi connectivity index (χ0n) is 34.4. The summed E-state index contributed by atoms with van der Waals surface area (Å²) >= 11 is 0. The number of rotatable bonds is 29. The summed E-state index contributed by atoms with van der Waals surface area (Å²) < 4.78 is 42.8. The van der Waals surface area contributed by atoms with Gasteiger partial charge in [-0.15, -0.1) is 0 Å². The van der Waals surface area contributed by atoms with Crippen molar-refractivity contribution in [2.24, 2.45) is 0 Å². The van der Waals surface area contributed by atoms with Gasteiger partial charge < -0.3 is 35.1 Å². The average molecular weight is 839 g/mol. The van der Waals surface area contributed by atoms with Crippen molar-refractivity contribution in [2.45, 2.75) is 146 Å². The molecule has 15 nitrogen and oxygen atoms in total. The second kappa shape index (κ2) is 24.0. The molecular weight excluding hydrogens is 775 g/mol. The van der Waals surface area contributed by atoms with Crippen LogP contribution in [0.4, 0.5) is 5.82 Å². The lowest BCUT2D eigenvalue weighted by atomic mass is 9.92. The number of hydrogen-bond donors (Lipinski definition) is 4. The number of hydrogen-bond acceptors (Lipinski definition) is 13. The molecule has 1 aliphatic heterocycles. The SMILES string of the molecule is CCCCCCCCCCCCCCCCCCOC[C@H](COP(=O)(O)OC[C@H]1O[C@@](C#N)(c2ccc3c(N)ncnn23)[C@H](O)[C@@H]1O)OCc1ccc2ccccc2n1. The molecule has 0 saturated carbocycles. The van der Waals surface area contributed by atoms with Gasteiger partial charge in [-0.25, -0.2) is 14.1 Å². The normalized spacial score (nSPS) is 20.9. The molecule has 4 aromatic rings. The Morgan fingerprint density at radius 1 is 0.898 bits per heavy atom. The predicted octanol–water partition coefficient (Wildman–Crippen LogP) is 7.70. The number of phosphoric acid groups is 1. The number of unbranched alkanes of at least 4 members (excludes halogenated alkanes) is 15. The van der Waals surface area contributed by atoms with Crippen LogP contribution in [0.25, 0.3) is 16.4 Å². The third kappa shape index (κ3) is 13.7. The zero-order valence-corrected chi connectivity index (χ0v) is 35.3. The van der Waals surface area contributed by atoms with Crippen molar-refractivity contribution in [3.8, 4) is 6.07 Å². The molecule has 0 radical (unpaired) electrons. The van der Waals surface area contributed by atoms with E-state index in [4.69, 9.17) is 29.0 Å². The van der Waals surface area contributed by atoms with E-state index >= 15 is 0 Å². The number of nitrogens with zero attached hydrogens (tertiary/aromatic N) is 5. The van der Waals surface area contributed by atoms with Gasteiger partial charge in [0.1, 0.15) is 42.3 Å². The zero-order chi connectivity index (χ0) is 41.9. The fraction of sp³-hybridized carbons (Fsp3) is 0.628. The van der Waals surface area contributed by atoms with Crippen LogP contribution < -0.4 is 5.73 Å². The maximum Gasteiger partial charge on any atom is 0.472 e. The van der Waals surface area contributed by atoms with E-state index in [9.17, 15) is 24.9 Å². The number of nitrogen functional groups attached to an aromatic ring is 1. The number of aliphatic hydroxyl groups is 2. The Balaban J connectivity index is 1.04. The lowest BCUT2D eigenvalue weighted by Crippen LogP contribution is -2.41. The van der Waals surface area contributed by atoms with Crippen LogP contribution >= 0.6 is 7.82 Å². The summed E-state index contributed by atoms with van der Waals surface area (Å²) in [6.45, 7) is 1.95. The van der Waals surface area contributed by atoms with Gasteiger partial charge in [-0.1, -0.05) is 128 Å². The summed E-state index contributed by atoms with van der Waals surface area (Å²) in [6, 6.07) is 16.5. The summed E-state index contributed by atoms with van der Waals surface area (Å²) in [7, 11) is -4.76. The van der Waals surface area contributed by atoms with Gasteiger partial charge in [0.25, 0.3) is 0 Å². The summed E-state index contributed by atoms with van der Waals surface area (Å²) in [4.78, 5) is 19.2. The maximum atomic E-state index is 13.1. The lowest BCUT2D eigenvalue weighted by Gasteiger charge is -2.24. The van der Waals surface area contributed by atoms with E-state index in [1.165, 1.54) is 100 Å². The van der Waals surface area contributed by atoms with E-state index in [0.717, 1.165) is 30.2 Å². The molecule has 0 aliphatic carbocycles. The van der Waals surface area contributed by atoms with Gasteiger partial charge in [-0.3, -0.25) is 14.0 Å². The van der Waals surface area contributed by atoms with Crippen LogP contribution in [0.15, 0.2) is 54.9 Å². The second-order valence-corrected chi connectivity index (χ2v) is 16.9. The summed E-state index contributed by atoms with van der Waals surface area (Å²) in [5.74, 6) is 0.132. The first-order valence-electron chi connectivity index (χ1n) is 21.4. The molecule has 0 bridgehead atoms. The molecule has 1 fully saturated rings. The molecule has 4 heterocycles. The highest BCUT2D eigenvalue weighted by atomic mass is 31.2. The smallest absolute Gasteiger partial charge is 0.387 e. The number of nitrogens with two attached hydrogens (primary N) is 1. The third-order valence-electron chi connectivity index (χ3n) is 10.9. The van der Waals surface area contributed by atoms with Crippen LogP contribution in [0.5, 0.6) is 0 Å². The van der Waals surface area contributed by atoms with Gasteiger partial charge in [0.2, 0.25) is 5.60 Å². The van der Waals surface area contributed by atoms with Gasteiger partial charge >= 0.3 is 7.82 Å². The number of para-hydroxylation sites is 1. The molecular formula is C43H63N6O9P. The average Bonchev–Trinajstić information content (AvgIpc) is 3.79. The first-order valence-corrected chi connectivity index (χ1v) is 22.9. The van der Waals surface area contributed by atoms with E-state index in [1.807, 2.05) is 42.5 Å². The van der Waals surface area contributed by atoms with Crippen LogP contribution in [-0.2, 0) is 40.0 Å². The number of benzene rings is 1. The minimum absolute atomic E-state index is 0.0852. The number of nitriles is 1. The summed E-state index contributed by atoms with van der Waals surface area (Å²) in [5.41, 5.74) is 5.76. The molecule has 5 rings (SSSR count). The molecule has 1 aliphatic rings. The highest BCUT2D eigenvalue weighted by Crippen LogP contribution is 2.46. The molecule has 5 N–H and O–H groups in total. The van der Waals surface area contributed by atoms with Crippen molar-refractivity contribution in [1.29, 1.82) is 5.26 Å². The van der Waals surface area contributed by atoms with Crippen molar-refractivity contribution in [2.75, 3.05) is 32.2 Å². The monoisotopic (exact) mass is 838 g/mol. The highest BCUT2D eigenvalue weighted by Gasteiger charge is 2.58. The van der Waals surface area contributed by atoms with Gasteiger partial charge in [0.15, 0.2) is 5.82 Å². The molecule has 1 unspecified atom stereocenters. The number of pyridine rings is 1. The fourth-order valence-electron chi connectivity index (χ4n) is 7.44. The van der Waals surface area contributed by atoms with E-state index < -0.39 is 44.4 Å². The quantitative estimate of drug-likeness (QED) is 0.0305. The minimum Gasteiger partial charge on any atom is -0.387 e. The fourth-order valence-corrected chi connectivity index (χ4v) is 8.20. The predicted molar refractivity (Wildman–Crippen MR) is 224 cm³/mol. The number of anilines is 1. The summed E-state index contributed by atoms with van der Waals surface area (Å²) in [6.07, 6.45) is 16.1. The molecule has 324 valence electrons. The first-order chi connectivity index (χ1) is 28.7. The highest BCUT2D eigenvalue weighted by molar-refractivity contribution is 7.47. The van der Waals surface area contributed by atoms with Crippen LogP contribution in [0.2, 0.25) is 0 Å². The number of fused-ring (bicyclic) bond motifs is 2. The second-order valence-electron chi connectivity index (χ2n) is 15.5. The van der Waals surface area contributed by atoms with Crippen LogP contribution in [-0.4, -0.2) is 85.5 Å². The summed E-state index contributed by atoms with van der Waals surface area (Å²) in [5, 5.41) is 37.1. The van der Waals surface area contributed by atoms with Gasteiger partial charge in [0, 0.05) is 12.0 Å². The van der Waals surface area contributed by atoms with Crippen molar-refractivity contribution >= 4 is 30.1 Å². The molecule has 6 atom stereocenters. The van der Waals surface area contributed by atoms with Gasteiger partial charge in [0.05, 0.1) is 43.3 Å². The van der Waals surface area contributed by atoms with Crippen LogP contribution in [0, 0.1) is 11.3 Å². The maximum absolute atomic E-state index is 13.1. The molecule has 3 aromatic heterocycles. The van der Waals surface area contributed by atoms with Crippen LogP contribution in [0.1, 0.15) is 121 Å². The minimum atomic E-state index is -4.76. The first kappa shape index (κ1) is 46.5. The van der Waals surface area contributed by atoms with Crippen molar-refractivity contribution < 1.29 is 42.9 Å². The molecule has 0 spiro atoms. The van der Waals surface area contributed by atoms with E-state index in [2.05, 4.69) is 22.0 Å². The van der Waals surface area contributed by atoms with Crippen molar-refractivity contribution in [3.63, 3.8) is 0 Å². The topological polar surface area (TPSA) is 217 Å². The Morgan fingerprint density at radius 3 is 2.24 bits per heavy atom. The lowest BCUT2D eigenvalue weighted by molar-refractivity contribution is -0.0691. The number of ether oxygens (including phenoxy) is 3. The number of aromatic nitrogens is 4. The van der Waals surface area contributed by atoms with E-state index in [-0.39, 0.29) is 31.3 Å². The molecule has 0 amide bonds. The number of phosphoric ester groups is 1. The van der Waals surface area contributed by atoms with E-state index in [1.54, 1.807) is 6.07 Å². The Kier molecular flexibility index (Phi) is 18.9. The Hall–Kier alpha value is -3.55. The molecule has 1 saturated heterocycles. The number of aliphatic hydroxyl groups excluding tert-OH is 2. The van der Waals surface area contributed by atoms with Gasteiger partial charge in [-0.2, -0.15) is 10.4 Å². The van der Waals surface area contributed by atoms with E-state index in [0.29, 0.717) is 17.8 Å². The van der Waals surface area contributed by atoms with Crippen molar-refractivity contribution in [3.05, 3.63) is 66.2 Å². The Labute approximate surface area is 347 Å². The standard InChI is InChI=1S/C43H63N6O9P/c1-2-3-4-5-6-7-8-9-10-11-12-13-14-15-16-19-26-54-28-35(55-27-34-23-22-33-20-17-18-21-36(33)48-34)29-56-59(52,53)57-30-38-40(50)41(51)43(31-44,58-38)39-25-24-37-42(45)46-32-47-49(37)39/h17-18,20-25,32,35,38,40-41,50-51H,2-16,19,26-30H2,1H3,(H,52,53)(H2,45,46,47)/t35-,38-,40-,41-,43+/m1/s1.